The minimum absolute atomic E-state index is 0.282. The molecule has 0 radical (unpaired) electrons. The average molecular weight is 247 g/mol. The summed E-state index contributed by atoms with van der Waals surface area (Å²) < 4.78 is 5.31. The first-order valence-electron chi connectivity index (χ1n) is 6.99. The molecule has 2 nitrogen and oxygen atoms in total. The summed E-state index contributed by atoms with van der Waals surface area (Å²) in [4.78, 5) is 0. The van der Waals surface area contributed by atoms with Gasteiger partial charge in [0.25, 0.3) is 0 Å². The van der Waals surface area contributed by atoms with E-state index in [2.05, 4.69) is 43.4 Å². The molecule has 1 aromatic rings. The highest BCUT2D eigenvalue weighted by Gasteiger charge is 2.36. The number of methoxy groups -OCH3 is 1. The molecule has 0 spiro atoms. The molecule has 0 bridgehead atoms. The zero-order valence-corrected chi connectivity index (χ0v) is 11.8. The lowest BCUT2D eigenvalue weighted by molar-refractivity contribution is 0.183. The zero-order chi connectivity index (χ0) is 13.0. The Morgan fingerprint density at radius 3 is 2.56 bits per heavy atom. The summed E-state index contributed by atoms with van der Waals surface area (Å²) in [5.41, 5.74) is 3.04. The Balaban J connectivity index is 2.21. The Bertz CT molecular complexity index is 380. The van der Waals surface area contributed by atoms with Crippen LogP contribution in [-0.4, -0.2) is 19.2 Å². The molecule has 0 aromatic heterocycles. The third-order valence-electron chi connectivity index (χ3n) is 4.31. The lowest BCUT2D eigenvalue weighted by Gasteiger charge is -2.35. The molecule has 1 N–H and O–H groups in total. The topological polar surface area (TPSA) is 21.3 Å². The van der Waals surface area contributed by atoms with E-state index in [1.807, 2.05) is 0 Å². The van der Waals surface area contributed by atoms with Gasteiger partial charge in [0, 0.05) is 12.6 Å². The molecule has 2 heteroatoms. The Hall–Kier alpha value is -0.860. The van der Waals surface area contributed by atoms with E-state index in [0.717, 1.165) is 13.0 Å². The normalized spacial score (nSPS) is 23.8. The van der Waals surface area contributed by atoms with Crippen molar-refractivity contribution in [1.29, 1.82) is 0 Å². The first-order chi connectivity index (χ1) is 8.68. The Kier molecular flexibility index (Phi) is 4.41. The molecule has 2 rings (SSSR count). The summed E-state index contributed by atoms with van der Waals surface area (Å²) in [6.07, 6.45) is 3.70. The fourth-order valence-electron chi connectivity index (χ4n) is 3.04. The van der Waals surface area contributed by atoms with E-state index in [9.17, 15) is 0 Å². The lowest BCUT2D eigenvalue weighted by Crippen LogP contribution is -2.46. The second-order valence-electron chi connectivity index (χ2n) is 5.72. The van der Waals surface area contributed by atoms with Crippen molar-refractivity contribution in [2.24, 2.45) is 5.92 Å². The third-order valence-corrected chi connectivity index (χ3v) is 4.31. The number of benzene rings is 1. The smallest absolute Gasteiger partial charge is 0.0715 e. The minimum Gasteiger partial charge on any atom is -0.380 e. The van der Waals surface area contributed by atoms with E-state index in [-0.39, 0.29) is 5.54 Å². The number of hydrogen-bond acceptors (Lipinski definition) is 2. The van der Waals surface area contributed by atoms with E-state index < -0.39 is 0 Å². The summed E-state index contributed by atoms with van der Waals surface area (Å²) in [5, 5.41) is 3.75. The van der Waals surface area contributed by atoms with E-state index in [1.54, 1.807) is 7.11 Å². The van der Waals surface area contributed by atoms with Gasteiger partial charge in [-0.05, 0) is 42.9 Å². The van der Waals surface area contributed by atoms with Gasteiger partial charge in [-0.1, -0.05) is 38.1 Å². The molecule has 1 fully saturated rings. The van der Waals surface area contributed by atoms with Crippen LogP contribution < -0.4 is 5.32 Å². The van der Waals surface area contributed by atoms with Crippen LogP contribution in [0.15, 0.2) is 24.3 Å². The predicted octanol–water partition coefficient (Wildman–Crippen LogP) is 3.15. The van der Waals surface area contributed by atoms with Gasteiger partial charge < -0.3 is 10.1 Å². The molecule has 18 heavy (non-hydrogen) atoms. The molecule has 0 amide bonds. The first kappa shape index (κ1) is 13.6. The largest absolute Gasteiger partial charge is 0.380 e. The molecule has 100 valence electrons. The molecule has 0 saturated carbocycles. The summed E-state index contributed by atoms with van der Waals surface area (Å²) in [6.45, 7) is 6.53. The monoisotopic (exact) mass is 247 g/mol. The quantitative estimate of drug-likeness (QED) is 0.863. The molecule has 1 heterocycles. The minimum atomic E-state index is 0.282. The van der Waals surface area contributed by atoms with Gasteiger partial charge in [0.1, 0.15) is 0 Å². The fourth-order valence-corrected chi connectivity index (χ4v) is 3.04. The van der Waals surface area contributed by atoms with Crippen molar-refractivity contribution < 1.29 is 4.74 Å². The molecule has 1 aliphatic heterocycles. The maximum absolute atomic E-state index is 5.31. The summed E-state index contributed by atoms with van der Waals surface area (Å²) >= 11 is 0. The van der Waals surface area contributed by atoms with E-state index in [1.165, 1.54) is 24.0 Å². The molecule has 1 saturated heterocycles. The van der Waals surface area contributed by atoms with E-state index >= 15 is 0 Å². The summed E-state index contributed by atoms with van der Waals surface area (Å²) in [6, 6.07) is 8.67. The fraction of sp³-hybridized carbons (Fsp3) is 0.625. The highest BCUT2D eigenvalue weighted by molar-refractivity contribution is 5.29. The van der Waals surface area contributed by atoms with Gasteiger partial charge in [0.15, 0.2) is 0 Å². The molecule has 1 unspecified atom stereocenters. The van der Waals surface area contributed by atoms with E-state index in [4.69, 9.17) is 4.74 Å². The second kappa shape index (κ2) is 5.85. The highest BCUT2D eigenvalue weighted by Crippen LogP contribution is 2.32. The van der Waals surface area contributed by atoms with Crippen LogP contribution in [0.3, 0.4) is 0 Å². The first-order valence-corrected chi connectivity index (χ1v) is 6.99. The van der Waals surface area contributed by atoms with Crippen molar-refractivity contribution in [3.8, 4) is 0 Å². The lowest BCUT2D eigenvalue weighted by atomic mass is 9.79. The van der Waals surface area contributed by atoms with Crippen LogP contribution in [0.2, 0.25) is 0 Å². The van der Waals surface area contributed by atoms with Crippen molar-refractivity contribution >= 4 is 0 Å². The molecule has 1 atom stereocenters. The standard InChI is InChI=1S/C16H25NO/c1-13(2)16(9-6-10-17-16)11-14-7-4-5-8-15(14)12-18-3/h4-5,7-8,13,17H,6,9-12H2,1-3H3. The predicted molar refractivity (Wildman–Crippen MR) is 75.7 cm³/mol. The Morgan fingerprint density at radius 2 is 2.00 bits per heavy atom. The summed E-state index contributed by atoms with van der Waals surface area (Å²) in [5.74, 6) is 0.663. The number of ether oxygens (including phenoxy) is 1. The van der Waals surface area contributed by atoms with Crippen LogP contribution in [0.1, 0.15) is 37.8 Å². The SMILES string of the molecule is COCc1ccccc1CC1(C(C)C)CCCN1. The van der Waals surface area contributed by atoms with Gasteiger partial charge >= 0.3 is 0 Å². The van der Waals surface area contributed by atoms with Gasteiger partial charge in [-0.2, -0.15) is 0 Å². The molecule has 0 aliphatic carbocycles. The van der Waals surface area contributed by atoms with Crippen LogP contribution in [-0.2, 0) is 17.8 Å². The van der Waals surface area contributed by atoms with Gasteiger partial charge in [-0.25, -0.2) is 0 Å². The van der Waals surface area contributed by atoms with E-state index in [0.29, 0.717) is 12.5 Å². The third kappa shape index (κ3) is 2.76. The average Bonchev–Trinajstić information content (AvgIpc) is 2.82. The maximum atomic E-state index is 5.31. The number of rotatable bonds is 5. The Morgan fingerprint density at radius 1 is 1.28 bits per heavy atom. The number of hydrogen-bond donors (Lipinski definition) is 1. The van der Waals surface area contributed by atoms with Crippen LogP contribution in [0.25, 0.3) is 0 Å². The summed E-state index contributed by atoms with van der Waals surface area (Å²) in [7, 11) is 1.77. The van der Waals surface area contributed by atoms with Crippen LogP contribution in [0, 0.1) is 5.92 Å². The van der Waals surface area contributed by atoms with Crippen molar-refractivity contribution in [3.63, 3.8) is 0 Å². The van der Waals surface area contributed by atoms with Crippen LogP contribution >= 0.6 is 0 Å². The maximum Gasteiger partial charge on any atom is 0.0715 e. The van der Waals surface area contributed by atoms with Gasteiger partial charge in [-0.3, -0.25) is 0 Å². The second-order valence-corrected chi connectivity index (χ2v) is 5.72. The van der Waals surface area contributed by atoms with Crippen molar-refractivity contribution in [3.05, 3.63) is 35.4 Å². The zero-order valence-electron chi connectivity index (χ0n) is 11.8. The molecule has 1 aromatic carbocycles. The molecule has 1 aliphatic rings. The van der Waals surface area contributed by atoms with Gasteiger partial charge in [0.2, 0.25) is 0 Å². The van der Waals surface area contributed by atoms with Gasteiger partial charge in [-0.15, -0.1) is 0 Å². The van der Waals surface area contributed by atoms with Crippen molar-refractivity contribution in [2.45, 2.75) is 45.3 Å². The van der Waals surface area contributed by atoms with Crippen molar-refractivity contribution in [2.75, 3.05) is 13.7 Å². The van der Waals surface area contributed by atoms with Crippen LogP contribution in [0.4, 0.5) is 0 Å². The van der Waals surface area contributed by atoms with Crippen molar-refractivity contribution in [1.82, 2.24) is 5.32 Å². The van der Waals surface area contributed by atoms with Gasteiger partial charge in [0.05, 0.1) is 6.61 Å². The Labute approximate surface area is 111 Å². The van der Waals surface area contributed by atoms with Crippen LogP contribution in [0.5, 0.6) is 0 Å². The molecular weight excluding hydrogens is 222 g/mol. The number of nitrogens with one attached hydrogen (secondary N) is 1. The highest BCUT2D eigenvalue weighted by atomic mass is 16.5. The molecular formula is C16H25NO.